The van der Waals surface area contributed by atoms with Gasteiger partial charge in [-0.2, -0.15) is 0 Å². The first-order valence-corrected chi connectivity index (χ1v) is 9.32. The lowest BCUT2D eigenvalue weighted by atomic mass is 9.95. The van der Waals surface area contributed by atoms with E-state index in [9.17, 15) is 24.9 Å². The third-order valence-corrected chi connectivity index (χ3v) is 5.11. The maximum absolute atomic E-state index is 12.2. The number of Topliss-reactive ketones (excluding diaryl/α,β-unsaturated/α-hetero) is 1. The monoisotopic (exact) mass is 473 g/mol. The van der Waals surface area contributed by atoms with Crippen molar-refractivity contribution in [3.63, 3.8) is 0 Å². The summed E-state index contributed by atoms with van der Waals surface area (Å²) in [6.45, 7) is 4.14. The highest BCUT2D eigenvalue weighted by molar-refractivity contribution is 9.08. The molecule has 29 heavy (non-hydrogen) atoms. The first-order chi connectivity index (χ1) is 13.5. The zero-order chi connectivity index (χ0) is 21.7. The van der Waals surface area contributed by atoms with Crippen molar-refractivity contribution in [3.8, 4) is 0 Å². The van der Waals surface area contributed by atoms with Crippen molar-refractivity contribution in [1.82, 2.24) is 18.1 Å². The van der Waals surface area contributed by atoms with E-state index < -0.39 is 48.0 Å². The standard InChI is InChI=1S/C16H20BrN5O7/c1-6(2)9(24)10(25)11-12(26)16(27,29-7(3)23)15(28-11)21-4-19-8-13(18)20-5-22(17)14(8)21/h4-6,10-12,15,18,25-27H,1-3H3/t10?,11-,12-,15-,16+/m1/s1. The summed E-state index contributed by atoms with van der Waals surface area (Å²) >= 11 is 3.20. The highest BCUT2D eigenvalue weighted by atomic mass is 79.9. The van der Waals surface area contributed by atoms with Gasteiger partial charge >= 0.3 is 5.97 Å². The van der Waals surface area contributed by atoms with Crippen LogP contribution in [0, 0.1) is 11.3 Å². The van der Waals surface area contributed by atoms with Gasteiger partial charge in [0.15, 0.2) is 28.5 Å². The number of ketones is 1. The molecule has 0 bridgehead atoms. The summed E-state index contributed by atoms with van der Waals surface area (Å²) in [7, 11) is 0. The van der Waals surface area contributed by atoms with Gasteiger partial charge in [-0.05, 0) is 0 Å². The molecule has 4 N–H and O–H groups in total. The molecule has 1 aliphatic rings. The number of rotatable bonds is 5. The molecular weight excluding hydrogens is 454 g/mol. The molecule has 0 aliphatic carbocycles. The second-order valence-corrected chi connectivity index (χ2v) is 7.74. The van der Waals surface area contributed by atoms with E-state index in [0.29, 0.717) is 0 Å². The third-order valence-electron chi connectivity index (χ3n) is 4.59. The molecule has 158 valence electrons. The van der Waals surface area contributed by atoms with Crippen LogP contribution < -0.4 is 5.49 Å². The van der Waals surface area contributed by atoms with Gasteiger partial charge in [0.2, 0.25) is 6.23 Å². The number of halogens is 1. The van der Waals surface area contributed by atoms with E-state index in [1.54, 1.807) is 13.8 Å². The van der Waals surface area contributed by atoms with Crippen molar-refractivity contribution in [3.05, 3.63) is 18.1 Å². The summed E-state index contributed by atoms with van der Waals surface area (Å²) in [6, 6.07) is 0. The Morgan fingerprint density at radius 1 is 1.38 bits per heavy atom. The van der Waals surface area contributed by atoms with Crippen LogP contribution in [0.4, 0.5) is 0 Å². The number of hydrogen-bond acceptors (Lipinski definition) is 10. The molecule has 13 heteroatoms. The predicted octanol–water partition coefficient (Wildman–Crippen LogP) is -1.03. The van der Waals surface area contributed by atoms with Crippen molar-refractivity contribution in [1.29, 1.82) is 5.41 Å². The summed E-state index contributed by atoms with van der Waals surface area (Å²) in [5.41, 5.74) is 0.142. The van der Waals surface area contributed by atoms with Crippen LogP contribution in [-0.4, -0.2) is 69.3 Å². The van der Waals surface area contributed by atoms with Crippen LogP contribution in [-0.2, 0) is 19.1 Å². The molecule has 5 atom stereocenters. The van der Waals surface area contributed by atoms with E-state index in [0.717, 1.165) is 6.92 Å². The summed E-state index contributed by atoms with van der Waals surface area (Å²) < 4.78 is 13.1. The molecule has 1 aliphatic heterocycles. The van der Waals surface area contributed by atoms with Crippen molar-refractivity contribution in [2.75, 3.05) is 0 Å². The van der Waals surface area contributed by atoms with Gasteiger partial charge in [0.25, 0.3) is 5.79 Å². The Morgan fingerprint density at radius 3 is 2.62 bits per heavy atom. The molecule has 2 aromatic heterocycles. The number of esters is 1. The van der Waals surface area contributed by atoms with Gasteiger partial charge in [-0.3, -0.25) is 19.6 Å². The Balaban J connectivity index is 2.14. The Morgan fingerprint density at radius 2 is 2.03 bits per heavy atom. The Bertz CT molecular complexity index is 1020. The lowest BCUT2D eigenvalue weighted by Gasteiger charge is -2.30. The zero-order valence-electron chi connectivity index (χ0n) is 15.7. The fourth-order valence-electron chi connectivity index (χ4n) is 3.19. The molecule has 1 saturated heterocycles. The zero-order valence-corrected chi connectivity index (χ0v) is 17.3. The normalized spacial score (nSPS) is 28.1. The number of aliphatic hydroxyl groups excluding tert-OH is 2. The summed E-state index contributed by atoms with van der Waals surface area (Å²) in [4.78, 5) is 31.7. The van der Waals surface area contributed by atoms with Gasteiger partial charge in [0.1, 0.15) is 18.5 Å². The Kier molecular flexibility index (Phi) is 5.62. The van der Waals surface area contributed by atoms with Crippen LogP contribution in [0.1, 0.15) is 27.0 Å². The van der Waals surface area contributed by atoms with E-state index in [-0.39, 0.29) is 16.7 Å². The molecule has 1 unspecified atom stereocenters. The molecule has 12 nitrogen and oxygen atoms in total. The number of carbonyl (C=O) groups excluding carboxylic acids is 2. The van der Waals surface area contributed by atoms with Crippen LogP contribution in [0.25, 0.3) is 11.2 Å². The minimum atomic E-state index is -2.65. The Hall–Kier alpha value is -2.19. The first kappa shape index (κ1) is 21.5. The van der Waals surface area contributed by atoms with Gasteiger partial charge in [-0.25, -0.2) is 13.6 Å². The maximum atomic E-state index is 12.2. The Labute approximate surface area is 172 Å². The average Bonchev–Trinajstić information content (AvgIpc) is 3.18. The number of carbonyl (C=O) groups is 2. The third kappa shape index (κ3) is 3.48. The largest absolute Gasteiger partial charge is 0.425 e. The number of imidazole rings is 1. The van der Waals surface area contributed by atoms with Gasteiger partial charge < -0.3 is 24.8 Å². The van der Waals surface area contributed by atoms with E-state index in [1.165, 1.54) is 20.8 Å². The number of nitrogens with zero attached hydrogens (tertiary/aromatic N) is 4. The predicted molar refractivity (Wildman–Crippen MR) is 98.2 cm³/mol. The van der Waals surface area contributed by atoms with Crippen LogP contribution >= 0.6 is 16.1 Å². The molecule has 0 radical (unpaired) electrons. The minimum absolute atomic E-state index is 0.120. The molecule has 2 aromatic rings. The highest BCUT2D eigenvalue weighted by Crippen LogP contribution is 2.42. The summed E-state index contributed by atoms with van der Waals surface area (Å²) in [5.74, 6) is -4.76. The van der Waals surface area contributed by atoms with Crippen LogP contribution in [0.2, 0.25) is 0 Å². The number of aromatic nitrogens is 4. The maximum Gasteiger partial charge on any atom is 0.305 e. The van der Waals surface area contributed by atoms with E-state index in [4.69, 9.17) is 14.9 Å². The highest BCUT2D eigenvalue weighted by Gasteiger charge is 2.62. The van der Waals surface area contributed by atoms with Crippen molar-refractivity contribution >= 4 is 39.1 Å². The minimum Gasteiger partial charge on any atom is -0.425 e. The van der Waals surface area contributed by atoms with Crippen LogP contribution in [0.15, 0.2) is 12.7 Å². The molecule has 1 fully saturated rings. The summed E-state index contributed by atoms with van der Waals surface area (Å²) in [5, 5.41) is 40.0. The quantitative estimate of drug-likeness (QED) is 0.312. The number of nitrogens with one attached hydrogen (secondary N) is 1. The molecule has 3 heterocycles. The number of hydrogen-bond donors (Lipinski definition) is 4. The lowest BCUT2D eigenvalue weighted by Crippen LogP contribution is -2.52. The lowest BCUT2D eigenvalue weighted by molar-refractivity contribution is -0.263. The van der Waals surface area contributed by atoms with E-state index in [1.807, 2.05) is 0 Å². The number of ether oxygens (including phenoxy) is 2. The fraction of sp³-hybridized carbons (Fsp3) is 0.562. The molecule has 3 rings (SSSR count). The molecule has 0 saturated carbocycles. The van der Waals surface area contributed by atoms with Crippen molar-refractivity contribution in [2.24, 2.45) is 5.92 Å². The number of fused-ring (bicyclic) bond motifs is 1. The van der Waals surface area contributed by atoms with Crippen molar-refractivity contribution in [2.45, 2.75) is 51.1 Å². The van der Waals surface area contributed by atoms with Gasteiger partial charge in [-0.1, -0.05) is 13.8 Å². The average molecular weight is 474 g/mol. The molecule has 0 aromatic carbocycles. The van der Waals surface area contributed by atoms with Crippen molar-refractivity contribution < 1.29 is 34.4 Å². The topological polar surface area (TPSA) is 173 Å². The SMILES string of the molecule is CC(=O)O[C@@]1(O)[C@H](O)[C@@H](C(O)C(=O)C(C)C)O[C@H]1n1cnc2c(=N)ncn(Br)c21. The summed E-state index contributed by atoms with van der Waals surface area (Å²) in [6.07, 6.45) is -4.46. The van der Waals surface area contributed by atoms with Gasteiger partial charge in [-0.15, -0.1) is 0 Å². The molecule has 0 spiro atoms. The smallest absolute Gasteiger partial charge is 0.305 e. The van der Waals surface area contributed by atoms with E-state index in [2.05, 4.69) is 26.1 Å². The van der Waals surface area contributed by atoms with Crippen LogP contribution in [0.3, 0.4) is 0 Å². The second-order valence-electron chi connectivity index (χ2n) is 6.97. The molecular formula is C16H20BrN5O7. The van der Waals surface area contributed by atoms with Gasteiger partial charge in [0, 0.05) is 12.8 Å². The molecule has 0 amide bonds. The second kappa shape index (κ2) is 7.57. The number of aliphatic hydroxyl groups is 3. The first-order valence-electron chi connectivity index (χ1n) is 8.61. The van der Waals surface area contributed by atoms with Crippen LogP contribution in [0.5, 0.6) is 0 Å². The van der Waals surface area contributed by atoms with E-state index >= 15 is 0 Å². The van der Waals surface area contributed by atoms with Gasteiger partial charge in [0.05, 0.1) is 22.5 Å². The fourth-order valence-corrected chi connectivity index (χ4v) is 3.63.